The number of nitrogens with zero attached hydrogens (tertiary/aromatic N) is 1. The Bertz CT molecular complexity index is 543. The van der Waals surface area contributed by atoms with Crippen molar-refractivity contribution in [2.45, 2.75) is 13.8 Å². The number of H-pyrrole nitrogens is 1. The minimum atomic E-state index is -0.497. The summed E-state index contributed by atoms with van der Waals surface area (Å²) in [4.78, 5) is 10.9. The number of nitrogens with two attached hydrogens (primary N) is 1. The topological polar surface area (TPSA) is 71.8 Å². The Morgan fingerprint density at radius 2 is 2.06 bits per heavy atom. The molecule has 0 bridgehead atoms. The lowest BCUT2D eigenvalue weighted by molar-refractivity contribution is 0.0995. The van der Waals surface area contributed by atoms with Crippen molar-refractivity contribution in [2.75, 3.05) is 0 Å². The summed E-state index contributed by atoms with van der Waals surface area (Å²) in [5.74, 6) is -0.497. The number of carbonyl (C=O) groups excluding carboxylic acids is 1. The van der Waals surface area contributed by atoms with Gasteiger partial charge in [-0.15, -0.1) is 0 Å². The first kappa shape index (κ1) is 10.4. The number of aromatic amines is 1. The second-order valence-electron chi connectivity index (χ2n) is 3.85. The molecule has 0 fully saturated rings. The zero-order valence-corrected chi connectivity index (χ0v) is 9.24. The van der Waals surface area contributed by atoms with E-state index in [0.29, 0.717) is 5.69 Å². The van der Waals surface area contributed by atoms with Gasteiger partial charge in [-0.3, -0.25) is 9.89 Å². The molecule has 0 aliphatic carbocycles. The lowest BCUT2D eigenvalue weighted by atomic mass is 10.0. The highest BCUT2D eigenvalue weighted by molar-refractivity contribution is 5.92. The number of aryl methyl sites for hydroxylation is 2. The van der Waals surface area contributed by atoms with Gasteiger partial charge in [0.25, 0.3) is 5.91 Å². The van der Waals surface area contributed by atoms with Crippen molar-refractivity contribution in [3.8, 4) is 11.3 Å². The van der Waals surface area contributed by atoms with Crippen LogP contribution in [0.3, 0.4) is 0 Å². The Kier molecular flexibility index (Phi) is 2.48. The summed E-state index contributed by atoms with van der Waals surface area (Å²) in [6.45, 7) is 4.05. The third kappa shape index (κ3) is 1.82. The maximum Gasteiger partial charge on any atom is 0.266 e. The van der Waals surface area contributed by atoms with Gasteiger partial charge in [0.05, 0.1) is 5.69 Å². The Morgan fingerprint density at radius 3 is 2.62 bits per heavy atom. The number of rotatable bonds is 2. The van der Waals surface area contributed by atoms with Gasteiger partial charge in [-0.2, -0.15) is 5.10 Å². The van der Waals surface area contributed by atoms with Gasteiger partial charge < -0.3 is 5.73 Å². The van der Waals surface area contributed by atoms with Gasteiger partial charge in [0.1, 0.15) is 5.69 Å². The molecule has 0 aliphatic rings. The van der Waals surface area contributed by atoms with Crippen LogP contribution in [0.15, 0.2) is 24.3 Å². The SMILES string of the molecule is Cc1ccc(-c2cc(C(N)=O)[nH]n2)c(C)c1. The molecule has 0 radical (unpaired) electrons. The van der Waals surface area contributed by atoms with Crippen molar-refractivity contribution in [3.05, 3.63) is 41.1 Å². The first-order valence-electron chi connectivity index (χ1n) is 5.01. The predicted molar refractivity (Wildman–Crippen MR) is 62.0 cm³/mol. The van der Waals surface area contributed by atoms with E-state index in [-0.39, 0.29) is 0 Å². The van der Waals surface area contributed by atoms with Crippen molar-refractivity contribution < 1.29 is 4.79 Å². The van der Waals surface area contributed by atoms with Crippen LogP contribution in [0.5, 0.6) is 0 Å². The highest BCUT2D eigenvalue weighted by Crippen LogP contribution is 2.22. The Labute approximate surface area is 93.5 Å². The van der Waals surface area contributed by atoms with Gasteiger partial charge in [0.15, 0.2) is 0 Å². The van der Waals surface area contributed by atoms with Crippen LogP contribution in [0.25, 0.3) is 11.3 Å². The summed E-state index contributed by atoms with van der Waals surface area (Å²) in [5, 5.41) is 6.69. The van der Waals surface area contributed by atoms with Crippen molar-refractivity contribution in [3.63, 3.8) is 0 Å². The van der Waals surface area contributed by atoms with E-state index in [9.17, 15) is 4.79 Å². The maximum atomic E-state index is 10.9. The van der Waals surface area contributed by atoms with Crippen LogP contribution >= 0.6 is 0 Å². The molecular formula is C12H13N3O. The van der Waals surface area contributed by atoms with Gasteiger partial charge in [-0.1, -0.05) is 23.8 Å². The molecule has 4 heteroatoms. The molecule has 1 aromatic carbocycles. The zero-order valence-electron chi connectivity index (χ0n) is 9.24. The number of benzene rings is 1. The van der Waals surface area contributed by atoms with Crippen LogP contribution in [-0.4, -0.2) is 16.1 Å². The molecule has 4 nitrogen and oxygen atoms in total. The molecule has 0 spiro atoms. The summed E-state index contributed by atoms with van der Waals surface area (Å²) in [7, 11) is 0. The van der Waals surface area contributed by atoms with Gasteiger partial charge in [0, 0.05) is 5.56 Å². The largest absolute Gasteiger partial charge is 0.364 e. The molecule has 0 unspecified atom stereocenters. The van der Waals surface area contributed by atoms with Crippen molar-refractivity contribution in [1.29, 1.82) is 0 Å². The minimum absolute atomic E-state index is 0.329. The normalized spacial score (nSPS) is 10.4. The summed E-state index contributed by atoms with van der Waals surface area (Å²) in [6, 6.07) is 7.75. The number of primary amides is 1. The van der Waals surface area contributed by atoms with E-state index < -0.39 is 5.91 Å². The maximum absolute atomic E-state index is 10.9. The third-order valence-corrected chi connectivity index (χ3v) is 2.50. The molecular weight excluding hydrogens is 202 g/mol. The molecule has 0 atom stereocenters. The van der Waals surface area contributed by atoms with E-state index in [4.69, 9.17) is 5.73 Å². The molecule has 2 aromatic rings. The summed E-state index contributed by atoms with van der Waals surface area (Å²) >= 11 is 0. The number of amides is 1. The summed E-state index contributed by atoms with van der Waals surface area (Å²) in [6.07, 6.45) is 0. The summed E-state index contributed by atoms with van der Waals surface area (Å²) in [5.41, 5.74) is 9.56. The Balaban J connectivity index is 2.46. The highest BCUT2D eigenvalue weighted by Gasteiger charge is 2.09. The van der Waals surface area contributed by atoms with Gasteiger partial charge >= 0.3 is 0 Å². The zero-order chi connectivity index (χ0) is 11.7. The molecule has 0 saturated carbocycles. The van der Waals surface area contributed by atoms with Crippen molar-refractivity contribution in [2.24, 2.45) is 5.73 Å². The smallest absolute Gasteiger partial charge is 0.266 e. The Hall–Kier alpha value is -2.10. The first-order valence-corrected chi connectivity index (χ1v) is 5.01. The number of aromatic nitrogens is 2. The fourth-order valence-electron chi connectivity index (χ4n) is 1.69. The van der Waals surface area contributed by atoms with Crippen LogP contribution in [0.4, 0.5) is 0 Å². The molecule has 3 N–H and O–H groups in total. The van der Waals surface area contributed by atoms with Crippen molar-refractivity contribution >= 4 is 5.91 Å². The number of nitrogens with one attached hydrogen (secondary N) is 1. The molecule has 1 amide bonds. The molecule has 2 rings (SSSR count). The average Bonchev–Trinajstić information content (AvgIpc) is 2.66. The monoisotopic (exact) mass is 215 g/mol. The van der Waals surface area contributed by atoms with Gasteiger partial charge in [-0.25, -0.2) is 0 Å². The quantitative estimate of drug-likeness (QED) is 0.801. The molecule has 82 valence electrons. The highest BCUT2D eigenvalue weighted by atomic mass is 16.1. The van der Waals surface area contributed by atoms with E-state index in [1.165, 1.54) is 5.56 Å². The van der Waals surface area contributed by atoms with E-state index in [1.807, 2.05) is 26.0 Å². The predicted octanol–water partition coefficient (Wildman–Crippen LogP) is 1.79. The molecule has 0 saturated heterocycles. The summed E-state index contributed by atoms with van der Waals surface area (Å²) < 4.78 is 0. The van der Waals surface area contributed by atoms with Crippen LogP contribution in [0.2, 0.25) is 0 Å². The molecule has 16 heavy (non-hydrogen) atoms. The lowest BCUT2D eigenvalue weighted by Gasteiger charge is -2.02. The van der Waals surface area contributed by atoms with E-state index in [2.05, 4.69) is 16.3 Å². The van der Waals surface area contributed by atoms with Crippen molar-refractivity contribution in [1.82, 2.24) is 10.2 Å². The average molecular weight is 215 g/mol. The third-order valence-electron chi connectivity index (χ3n) is 2.50. The number of hydrogen-bond acceptors (Lipinski definition) is 2. The van der Waals surface area contributed by atoms with Crippen LogP contribution in [0, 0.1) is 13.8 Å². The standard InChI is InChI=1S/C12H13N3O/c1-7-3-4-9(8(2)5-7)10-6-11(12(13)16)15-14-10/h3-6H,1-2H3,(H2,13,16)(H,14,15). The van der Waals surface area contributed by atoms with Crippen LogP contribution in [0.1, 0.15) is 21.6 Å². The Morgan fingerprint density at radius 1 is 1.31 bits per heavy atom. The number of hydrogen-bond donors (Lipinski definition) is 2. The molecule has 0 aliphatic heterocycles. The molecule has 1 aromatic heterocycles. The fourth-order valence-corrected chi connectivity index (χ4v) is 1.69. The van der Waals surface area contributed by atoms with Gasteiger partial charge in [0.2, 0.25) is 0 Å². The lowest BCUT2D eigenvalue weighted by Crippen LogP contribution is -2.10. The van der Waals surface area contributed by atoms with Gasteiger partial charge in [-0.05, 0) is 25.5 Å². The minimum Gasteiger partial charge on any atom is -0.364 e. The van der Waals surface area contributed by atoms with Crippen LogP contribution < -0.4 is 5.73 Å². The fraction of sp³-hybridized carbons (Fsp3) is 0.167. The second-order valence-corrected chi connectivity index (χ2v) is 3.85. The van der Waals surface area contributed by atoms with E-state index >= 15 is 0 Å². The first-order chi connectivity index (χ1) is 7.58. The van der Waals surface area contributed by atoms with E-state index in [0.717, 1.165) is 16.8 Å². The van der Waals surface area contributed by atoms with Crippen LogP contribution in [-0.2, 0) is 0 Å². The molecule has 1 heterocycles. The number of carbonyl (C=O) groups is 1. The second kappa shape index (κ2) is 3.81. The van der Waals surface area contributed by atoms with E-state index in [1.54, 1.807) is 6.07 Å².